The molecule has 1 saturated heterocycles. The number of anilines is 1. The first-order chi connectivity index (χ1) is 12.1. The van der Waals surface area contributed by atoms with E-state index in [4.69, 9.17) is 12.2 Å². The van der Waals surface area contributed by atoms with Crippen molar-refractivity contribution in [3.05, 3.63) is 59.7 Å². The minimum Gasteiger partial charge on any atom is -0.378 e. The zero-order chi connectivity index (χ0) is 17.8. The van der Waals surface area contributed by atoms with Crippen molar-refractivity contribution in [1.29, 1.82) is 0 Å². The van der Waals surface area contributed by atoms with Gasteiger partial charge in [-0.05, 0) is 35.9 Å². The number of hydrogen-bond acceptors (Lipinski definition) is 3. The standard InChI is InChI=1S/C20H22N2OS2/c1-3-13-8-10-14(11-9-13)15-12-21-20(24)18(15)19(23)22-16-6-4-5-7-17(16)25-2/h4-11,15,18H,3,12H2,1-2H3,(H,21,24)(H,22,23)/t15-,18+/m1/s1. The number of carbonyl (C=O) groups excluding carboxylic acids is 1. The highest BCUT2D eigenvalue weighted by Gasteiger charge is 2.38. The first kappa shape index (κ1) is 18.0. The molecule has 2 N–H and O–H groups in total. The molecule has 1 aliphatic heterocycles. The molecule has 1 aliphatic rings. The van der Waals surface area contributed by atoms with E-state index >= 15 is 0 Å². The lowest BCUT2D eigenvalue weighted by Crippen LogP contribution is -2.31. The van der Waals surface area contributed by atoms with Gasteiger partial charge in [0.1, 0.15) is 0 Å². The van der Waals surface area contributed by atoms with Crippen molar-refractivity contribution in [3.8, 4) is 0 Å². The summed E-state index contributed by atoms with van der Waals surface area (Å²) < 4.78 is 0. The minimum atomic E-state index is -0.336. The van der Waals surface area contributed by atoms with Crippen molar-refractivity contribution in [2.24, 2.45) is 5.92 Å². The molecule has 25 heavy (non-hydrogen) atoms. The molecule has 3 rings (SSSR count). The Labute approximate surface area is 158 Å². The number of para-hydroxylation sites is 1. The zero-order valence-electron chi connectivity index (χ0n) is 14.4. The van der Waals surface area contributed by atoms with Gasteiger partial charge < -0.3 is 10.6 Å². The van der Waals surface area contributed by atoms with E-state index in [2.05, 4.69) is 41.8 Å². The normalized spacial score (nSPS) is 19.5. The van der Waals surface area contributed by atoms with Crippen LogP contribution in [0.1, 0.15) is 24.0 Å². The van der Waals surface area contributed by atoms with E-state index < -0.39 is 0 Å². The van der Waals surface area contributed by atoms with Crippen LogP contribution in [-0.2, 0) is 11.2 Å². The predicted octanol–water partition coefficient (Wildman–Crippen LogP) is 4.24. The Hall–Kier alpha value is -1.85. The van der Waals surface area contributed by atoms with Gasteiger partial charge in [0.2, 0.25) is 5.91 Å². The molecule has 3 nitrogen and oxygen atoms in total. The third-order valence-electron chi connectivity index (χ3n) is 4.64. The monoisotopic (exact) mass is 370 g/mol. The maximum absolute atomic E-state index is 13.0. The second-order valence-electron chi connectivity index (χ2n) is 6.11. The summed E-state index contributed by atoms with van der Waals surface area (Å²) in [6.45, 7) is 2.84. The van der Waals surface area contributed by atoms with E-state index in [0.717, 1.165) is 22.6 Å². The lowest BCUT2D eigenvalue weighted by molar-refractivity contribution is -0.118. The quantitative estimate of drug-likeness (QED) is 0.610. The molecule has 5 heteroatoms. The Balaban J connectivity index is 1.82. The smallest absolute Gasteiger partial charge is 0.235 e. The molecular weight excluding hydrogens is 348 g/mol. The van der Waals surface area contributed by atoms with Crippen LogP contribution in [0.3, 0.4) is 0 Å². The third-order valence-corrected chi connectivity index (χ3v) is 5.84. The predicted molar refractivity (Wildman–Crippen MR) is 110 cm³/mol. The number of thiocarbonyl (C=S) groups is 1. The summed E-state index contributed by atoms with van der Waals surface area (Å²) in [5.41, 5.74) is 3.30. The SMILES string of the molecule is CCc1ccc([C@H]2CNC(=S)[C@@H]2C(=O)Nc2ccccc2SC)cc1. The van der Waals surface area contributed by atoms with Crippen LogP contribution in [0.15, 0.2) is 53.4 Å². The molecule has 0 saturated carbocycles. The molecule has 0 bridgehead atoms. The van der Waals surface area contributed by atoms with Gasteiger partial charge >= 0.3 is 0 Å². The number of rotatable bonds is 5. The Bertz CT molecular complexity index is 774. The van der Waals surface area contributed by atoms with Crippen LogP contribution in [-0.4, -0.2) is 23.7 Å². The summed E-state index contributed by atoms with van der Waals surface area (Å²) in [6, 6.07) is 16.4. The molecule has 2 atom stereocenters. The second kappa shape index (κ2) is 8.02. The first-order valence-electron chi connectivity index (χ1n) is 8.44. The average molecular weight is 371 g/mol. The van der Waals surface area contributed by atoms with Gasteiger partial charge in [-0.3, -0.25) is 4.79 Å². The van der Waals surface area contributed by atoms with Gasteiger partial charge in [0, 0.05) is 17.4 Å². The molecule has 0 aliphatic carbocycles. The van der Waals surface area contributed by atoms with Crippen molar-refractivity contribution < 1.29 is 4.79 Å². The number of thioether (sulfide) groups is 1. The van der Waals surface area contributed by atoms with Crippen molar-refractivity contribution in [1.82, 2.24) is 5.32 Å². The number of amides is 1. The minimum absolute atomic E-state index is 0.0407. The van der Waals surface area contributed by atoms with Crippen molar-refractivity contribution >= 4 is 40.6 Å². The van der Waals surface area contributed by atoms with Crippen LogP contribution in [0.5, 0.6) is 0 Å². The molecule has 1 amide bonds. The first-order valence-corrected chi connectivity index (χ1v) is 10.1. The van der Waals surface area contributed by atoms with Crippen LogP contribution < -0.4 is 10.6 Å². The van der Waals surface area contributed by atoms with Crippen LogP contribution in [0.4, 0.5) is 5.69 Å². The number of carbonyl (C=O) groups is 1. The largest absolute Gasteiger partial charge is 0.378 e. The average Bonchev–Trinajstić information content (AvgIpc) is 3.04. The zero-order valence-corrected chi connectivity index (χ0v) is 16.0. The van der Waals surface area contributed by atoms with Gasteiger partial charge in [-0.15, -0.1) is 11.8 Å². The summed E-state index contributed by atoms with van der Waals surface area (Å²) >= 11 is 7.06. The summed E-state index contributed by atoms with van der Waals surface area (Å²) in [7, 11) is 0. The number of nitrogens with one attached hydrogen (secondary N) is 2. The summed E-state index contributed by atoms with van der Waals surface area (Å²) in [5, 5.41) is 6.28. The van der Waals surface area contributed by atoms with Crippen molar-refractivity contribution in [3.63, 3.8) is 0 Å². The van der Waals surface area contributed by atoms with Gasteiger partial charge in [0.25, 0.3) is 0 Å². The lowest BCUT2D eigenvalue weighted by Gasteiger charge is -2.19. The molecule has 1 heterocycles. The fourth-order valence-electron chi connectivity index (χ4n) is 3.19. The molecule has 1 fully saturated rings. The van der Waals surface area contributed by atoms with Crippen molar-refractivity contribution in [2.75, 3.05) is 18.1 Å². The molecule has 0 unspecified atom stereocenters. The van der Waals surface area contributed by atoms with E-state index in [-0.39, 0.29) is 17.7 Å². The molecule has 2 aromatic carbocycles. The van der Waals surface area contributed by atoms with Gasteiger partial charge in [0.05, 0.1) is 16.6 Å². The summed E-state index contributed by atoms with van der Waals surface area (Å²) in [6.07, 6.45) is 3.02. The number of hydrogen-bond donors (Lipinski definition) is 2. The van der Waals surface area contributed by atoms with Crippen LogP contribution in [0, 0.1) is 5.92 Å². The van der Waals surface area contributed by atoms with Gasteiger partial charge in [-0.1, -0.05) is 55.5 Å². The molecule has 130 valence electrons. The highest BCUT2D eigenvalue weighted by Crippen LogP contribution is 2.32. The maximum atomic E-state index is 13.0. The second-order valence-corrected chi connectivity index (χ2v) is 7.40. The Kier molecular flexibility index (Phi) is 5.76. The molecular formula is C20H22N2OS2. The Morgan fingerprint density at radius 2 is 1.96 bits per heavy atom. The third kappa shape index (κ3) is 3.88. The Morgan fingerprint density at radius 1 is 1.24 bits per heavy atom. The van der Waals surface area contributed by atoms with Crippen LogP contribution >= 0.6 is 24.0 Å². The number of benzene rings is 2. The van der Waals surface area contributed by atoms with E-state index in [1.165, 1.54) is 5.56 Å². The van der Waals surface area contributed by atoms with Gasteiger partial charge in [-0.25, -0.2) is 0 Å². The summed E-state index contributed by atoms with van der Waals surface area (Å²) in [4.78, 5) is 14.6. The molecule has 0 radical (unpaired) electrons. The van der Waals surface area contributed by atoms with Crippen LogP contribution in [0.2, 0.25) is 0 Å². The lowest BCUT2D eigenvalue weighted by atomic mass is 9.87. The topological polar surface area (TPSA) is 41.1 Å². The van der Waals surface area contributed by atoms with E-state index in [0.29, 0.717) is 11.5 Å². The molecule has 0 spiro atoms. The molecule has 2 aromatic rings. The fraction of sp³-hybridized carbons (Fsp3) is 0.300. The fourth-order valence-corrected chi connectivity index (χ4v) is 4.10. The van der Waals surface area contributed by atoms with Gasteiger partial charge in [0.15, 0.2) is 0 Å². The summed E-state index contributed by atoms with van der Waals surface area (Å²) in [5.74, 6) is -0.307. The number of aryl methyl sites for hydroxylation is 1. The van der Waals surface area contributed by atoms with Crippen LogP contribution in [0.25, 0.3) is 0 Å². The van der Waals surface area contributed by atoms with Crippen molar-refractivity contribution in [2.45, 2.75) is 24.2 Å². The van der Waals surface area contributed by atoms with E-state index in [1.807, 2.05) is 30.5 Å². The Morgan fingerprint density at radius 3 is 2.64 bits per heavy atom. The van der Waals surface area contributed by atoms with E-state index in [9.17, 15) is 4.79 Å². The van der Waals surface area contributed by atoms with E-state index in [1.54, 1.807) is 11.8 Å². The highest BCUT2D eigenvalue weighted by atomic mass is 32.2. The maximum Gasteiger partial charge on any atom is 0.235 e. The highest BCUT2D eigenvalue weighted by molar-refractivity contribution is 7.98. The molecule has 0 aromatic heterocycles. The van der Waals surface area contributed by atoms with Gasteiger partial charge in [-0.2, -0.15) is 0 Å².